The number of hydrogen-bond acceptors (Lipinski definition) is 4. The maximum absolute atomic E-state index is 13.8. The van der Waals surface area contributed by atoms with Gasteiger partial charge in [-0.3, -0.25) is 10.1 Å². The lowest BCUT2D eigenvalue weighted by Gasteiger charge is -2.28. The fourth-order valence-corrected chi connectivity index (χ4v) is 1.70. The van der Waals surface area contributed by atoms with Gasteiger partial charge >= 0.3 is 5.69 Å². The van der Waals surface area contributed by atoms with Gasteiger partial charge in [0.15, 0.2) is 0 Å². The van der Waals surface area contributed by atoms with Crippen LogP contribution in [0.1, 0.15) is 0 Å². The summed E-state index contributed by atoms with van der Waals surface area (Å²) in [6.07, 6.45) is 0. The van der Waals surface area contributed by atoms with Crippen molar-refractivity contribution >= 4 is 11.4 Å². The highest BCUT2D eigenvalue weighted by atomic mass is 19.1. The van der Waals surface area contributed by atoms with Gasteiger partial charge < -0.3 is 9.64 Å². The van der Waals surface area contributed by atoms with Crippen molar-refractivity contribution in [2.45, 2.75) is 0 Å². The van der Waals surface area contributed by atoms with E-state index in [1.54, 1.807) is 11.0 Å². The zero-order chi connectivity index (χ0) is 11.5. The molecule has 1 fully saturated rings. The fourth-order valence-electron chi connectivity index (χ4n) is 1.70. The van der Waals surface area contributed by atoms with Gasteiger partial charge in [0.05, 0.1) is 23.8 Å². The van der Waals surface area contributed by atoms with Gasteiger partial charge in [-0.2, -0.15) is 4.39 Å². The zero-order valence-electron chi connectivity index (χ0n) is 8.56. The lowest BCUT2D eigenvalue weighted by molar-refractivity contribution is -0.387. The molecule has 0 unspecified atom stereocenters. The number of hydrogen-bond donors (Lipinski definition) is 0. The maximum Gasteiger partial charge on any atom is 0.306 e. The van der Waals surface area contributed by atoms with Crippen LogP contribution in [0.4, 0.5) is 15.8 Å². The van der Waals surface area contributed by atoms with Crippen LogP contribution >= 0.6 is 0 Å². The number of morpholine rings is 1. The third-order valence-corrected chi connectivity index (χ3v) is 2.51. The van der Waals surface area contributed by atoms with Gasteiger partial charge in [-0.1, -0.05) is 6.07 Å². The number of nitro benzene ring substituents is 1. The van der Waals surface area contributed by atoms with E-state index in [0.717, 1.165) is 0 Å². The van der Waals surface area contributed by atoms with Crippen molar-refractivity contribution in [2.24, 2.45) is 0 Å². The van der Waals surface area contributed by atoms with Crippen molar-refractivity contribution < 1.29 is 14.1 Å². The number of anilines is 1. The summed E-state index contributed by atoms with van der Waals surface area (Å²) in [7, 11) is 0. The second-order valence-electron chi connectivity index (χ2n) is 3.47. The Labute approximate surface area is 91.6 Å². The predicted octanol–water partition coefficient (Wildman–Crippen LogP) is 1.57. The van der Waals surface area contributed by atoms with E-state index in [2.05, 4.69) is 0 Å². The van der Waals surface area contributed by atoms with E-state index in [-0.39, 0.29) is 5.69 Å². The van der Waals surface area contributed by atoms with Crippen LogP contribution in [0, 0.1) is 15.9 Å². The molecule has 0 amide bonds. The average Bonchev–Trinajstić information content (AvgIpc) is 2.30. The second-order valence-corrected chi connectivity index (χ2v) is 3.47. The van der Waals surface area contributed by atoms with Gasteiger partial charge in [0, 0.05) is 19.2 Å². The van der Waals surface area contributed by atoms with Crippen molar-refractivity contribution in [1.29, 1.82) is 0 Å². The summed E-state index contributed by atoms with van der Waals surface area (Å²) in [5, 5.41) is 10.6. The van der Waals surface area contributed by atoms with Crippen molar-refractivity contribution in [2.75, 3.05) is 31.2 Å². The lowest BCUT2D eigenvalue weighted by Crippen LogP contribution is -2.36. The van der Waals surface area contributed by atoms with Crippen LogP contribution in [0.5, 0.6) is 0 Å². The number of nitrogens with zero attached hydrogens (tertiary/aromatic N) is 2. The summed E-state index contributed by atoms with van der Waals surface area (Å²) < 4.78 is 18.9. The molecule has 0 saturated carbocycles. The van der Waals surface area contributed by atoms with E-state index >= 15 is 0 Å². The molecule has 16 heavy (non-hydrogen) atoms. The number of ether oxygens (including phenoxy) is 1. The SMILES string of the molecule is O=[N+]([O-])c1cccc(N2CCOCC2)c1F. The molecule has 0 radical (unpaired) electrons. The van der Waals surface area contributed by atoms with E-state index in [1.807, 2.05) is 0 Å². The van der Waals surface area contributed by atoms with E-state index < -0.39 is 16.4 Å². The fraction of sp³-hybridized carbons (Fsp3) is 0.400. The first kappa shape index (κ1) is 10.8. The molecule has 86 valence electrons. The molecular formula is C10H11FN2O3. The van der Waals surface area contributed by atoms with Crippen molar-refractivity contribution in [3.8, 4) is 0 Å². The quantitative estimate of drug-likeness (QED) is 0.567. The van der Waals surface area contributed by atoms with E-state index in [0.29, 0.717) is 26.3 Å². The molecule has 2 rings (SSSR count). The molecule has 0 aliphatic carbocycles. The highest BCUT2D eigenvalue weighted by Gasteiger charge is 2.22. The van der Waals surface area contributed by atoms with Crippen LogP contribution in [0.25, 0.3) is 0 Å². The van der Waals surface area contributed by atoms with Gasteiger partial charge in [-0.05, 0) is 6.07 Å². The normalized spacial score (nSPS) is 16.2. The van der Waals surface area contributed by atoms with E-state index in [1.165, 1.54) is 12.1 Å². The van der Waals surface area contributed by atoms with Gasteiger partial charge in [0.25, 0.3) is 0 Å². The Bertz CT molecular complexity index is 405. The molecule has 1 aliphatic rings. The molecule has 1 aromatic rings. The van der Waals surface area contributed by atoms with Crippen molar-refractivity contribution in [1.82, 2.24) is 0 Å². The second kappa shape index (κ2) is 4.44. The minimum absolute atomic E-state index is 0.275. The van der Waals surface area contributed by atoms with Gasteiger partial charge in [0.2, 0.25) is 5.82 Å². The van der Waals surface area contributed by atoms with E-state index in [9.17, 15) is 14.5 Å². The molecule has 0 atom stereocenters. The van der Waals surface area contributed by atoms with Gasteiger partial charge in [0.1, 0.15) is 0 Å². The average molecular weight is 226 g/mol. The minimum Gasteiger partial charge on any atom is -0.378 e. The molecular weight excluding hydrogens is 215 g/mol. The first-order valence-corrected chi connectivity index (χ1v) is 4.96. The predicted molar refractivity (Wildman–Crippen MR) is 56.1 cm³/mol. The molecule has 6 heteroatoms. The first-order valence-electron chi connectivity index (χ1n) is 4.96. The highest BCUT2D eigenvalue weighted by molar-refractivity contribution is 5.55. The van der Waals surface area contributed by atoms with Crippen LogP contribution in [0.2, 0.25) is 0 Å². The van der Waals surface area contributed by atoms with Crippen LogP contribution in [0.3, 0.4) is 0 Å². The Kier molecular flexibility index (Phi) is 3.00. The number of benzene rings is 1. The summed E-state index contributed by atoms with van der Waals surface area (Å²) in [5.74, 6) is -0.769. The Morgan fingerprint density at radius 3 is 2.69 bits per heavy atom. The van der Waals surface area contributed by atoms with Crippen molar-refractivity contribution in [3.63, 3.8) is 0 Å². The Balaban J connectivity index is 2.33. The molecule has 0 aromatic heterocycles. The molecule has 0 N–H and O–H groups in total. The van der Waals surface area contributed by atoms with Crippen LogP contribution in [-0.4, -0.2) is 31.2 Å². The summed E-state index contributed by atoms with van der Waals surface area (Å²) >= 11 is 0. The first-order chi connectivity index (χ1) is 7.70. The van der Waals surface area contributed by atoms with Gasteiger partial charge in [-0.25, -0.2) is 0 Å². The molecule has 1 heterocycles. The number of nitro groups is 1. The molecule has 1 saturated heterocycles. The third-order valence-electron chi connectivity index (χ3n) is 2.51. The topological polar surface area (TPSA) is 55.6 Å². The lowest BCUT2D eigenvalue weighted by atomic mass is 10.2. The standard InChI is InChI=1S/C10H11FN2O3/c11-10-8(12-4-6-16-7-5-12)2-1-3-9(10)13(14)15/h1-3H,4-7H2. The summed E-state index contributed by atoms with van der Waals surface area (Å²) in [4.78, 5) is 11.6. The van der Waals surface area contributed by atoms with Crippen LogP contribution < -0.4 is 4.90 Å². The van der Waals surface area contributed by atoms with Crippen molar-refractivity contribution in [3.05, 3.63) is 34.1 Å². The van der Waals surface area contributed by atoms with Crippen LogP contribution in [-0.2, 0) is 4.74 Å². The zero-order valence-corrected chi connectivity index (χ0v) is 8.56. The molecule has 5 nitrogen and oxygen atoms in total. The minimum atomic E-state index is -0.769. The third kappa shape index (κ3) is 1.96. The Morgan fingerprint density at radius 2 is 2.06 bits per heavy atom. The maximum atomic E-state index is 13.8. The number of rotatable bonds is 2. The largest absolute Gasteiger partial charge is 0.378 e. The Hall–Kier alpha value is -1.69. The molecule has 1 aliphatic heterocycles. The van der Waals surface area contributed by atoms with E-state index in [4.69, 9.17) is 4.74 Å². The summed E-state index contributed by atoms with van der Waals surface area (Å²) in [6.45, 7) is 2.14. The summed E-state index contributed by atoms with van der Waals surface area (Å²) in [5.41, 5.74) is -0.207. The smallest absolute Gasteiger partial charge is 0.306 e. The summed E-state index contributed by atoms with van der Waals surface area (Å²) in [6, 6.07) is 4.21. The monoisotopic (exact) mass is 226 g/mol. The molecule has 0 bridgehead atoms. The highest BCUT2D eigenvalue weighted by Crippen LogP contribution is 2.27. The number of halogens is 1. The Morgan fingerprint density at radius 1 is 1.38 bits per heavy atom. The van der Waals surface area contributed by atoms with Gasteiger partial charge in [-0.15, -0.1) is 0 Å². The van der Waals surface area contributed by atoms with Crippen LogP contribution in [0.15, 0.2) is 18.2 Å². The molecule has 0 spiro atoms. The molecule has 1 aromatic carbocycles.